The molecule has 0 bridgehead atoms. The third-order valence-electron chi connectivity index (χ3n) is 2.89. The molecule has 2 heterocycles. The van der Waals surface area contributed by atoms with Crippen LogP contribution in [0.1, 0.15) is 32.7 Å². The number of imidazole rings is 1. The number of carbonyl (C=O) groups excluding carboxylic acids is 1. The molecule has 102 valence electrons. The maximum Gasteiger partial charge on any atom is 0.360 e. The number of carbonyl (C=O) groups is 1. The Balaban J connectivity index is 2.20. The maximum absolute atomic E-state index is 11.6. The molecule has 0 aliphatic carbocycles. The zero-order valence-electron chi connectivity index (χ0n) is 11.3. The molecule has 0 radical (unpaired) electrons. The van der Waals surface area contributed by atoms with E-state index in [1.165, 1.54) is 15.3 Å². The van der Waals surface area contributed by atoms with Gasteiger partial charge in [-0.25, -0.2) is 9.78 Å². The molecular weight excluding hydrogens is 262 g/mol. The van der Waals surface area contributed by atoms with E-state index in [4.69, 9.17) is 10.5 Å². The van der Waals surface area contributed by atoms with Gasteiger partial charge >= 0.3 is 5.97 Å². The summed E-state index contributed by atoms with van der Waals surface area (Å²) in [6.45, 7) is 6.86. The predicted octanol–water partition coefficient (Wildman–Crippen LogP) is 2.37. The van der Waals surface area contributed by atoms with Crippen LogP contribution in [0, 0.1) is 13.8 Å². The van der Waals surface area contributed by atoms with Gasteiger partial charge in [0.1, 0.15) is 5.82 Å². The smallest absolute Gasteiger partial charge is 0.360 e. The molecule has 0 atom stereocenters. The number of nitrogens with two attached hydrogens (primary N) is 1. The molecule has 0 unspecified atom stereocenters. The highest BCUT2D eigenvalue weighted by Crippen LogP contribution is 2.23. The Morgan fingerprint density at radius 3 is 2.84 bits per heavy atom. The first kappa shape index (κ1) is 13.6. The molecule has 2 N–H and O–H groups in total. The molecule has 2 aromatic rings. The number of hydrogen-bond donors (Lipinski definition) is 1. The van der Waals surface area contributed by atoms with Gasteiger partial charge in [-0.3, -0.25) is 0 Å². The van der Waals surface area contributed by atoms with Crippen LogP contribution in [-0.4, -0.2) is 22.1 Å². The van der Waals surface area contributed by atoms with E-state index in [9.17, 15) is 4.79 Å². The first-order chi connectivity index (χ1) is 9.02. The van der Waals surface area contributed by atoms with Crippen molar-refractivity contribution in [3.8, 4) is 0 Å². The number of ether oxygens (including phenoxy) is 1. The van der Waals surface area contributed by atoms with Crippen molar-refractivity contribution in [3.05, 3.63) is 33.4 Å². The van der Waals surface area contributed by atoms with Crippen molar-refractivity contribution in [1.82, 2.24) is 9.55 Å². The molecule has 0 aliphatic rings. The van der Waals surface area contributed by atoms with Gasteiger partial charge in [-0.1, -0.05) is 0 Å². The molecule has 19 heavy (non-hydrogen) atoms. The van der Waals surface area contributed by atoms with Crippen LogP contribution in [0.5, 0.6) is 0 Å². The number of hydrogen-bond acceptors (Lipinski definition) is 5. The molecule has 0 fully saturated rings. The summed E-state index contributed by atoms with van der Waals surface area (Å²) >= 11 is 1.73. The highest BCUT2D eigenvalue weighted by Gasteiger charge is 2.17. The summed E-state index contributed by atoms with van der Waals surface area (Å²) in [5.41, 5.74) is 7.39. The van der Waals surface area contributed by atoms with E-state index in [-0.39, 0.29) is 5.69 Å². The van der Waals surface area contributed by atoms with Crippen molar-refractivity contribution >= 4 is 23.1 Å². The SMILES string of the molecule is CCOC(=O)c1ncn(Cc2cc(C)c(C)s2)c1N. The lowest BCUT2D eigenvalue weighted by atomic mass is 10.3. The fraction of sp³-hybridized carbons (Fsp3) is 0.385. The maximum atomic E-state index is 11.6. The molecule has 2 aromatic heterocycles. The Bertz CT molecular complexity index is 582. The quantitative estimate of drug-likeness (QED) is 0.872. The number of anilines is 1. The lowest BCUT2D eigenvalue weighted by molar-refractivity contribution is 0.0521. The van der Waals surface area contributed by atoms with Gasteiger partial charge in [-0.15, -0.1) is 11.3 Å². The average Bonchev–Trinajstić information content (AvgIpc) is 2.85. The summed E-state index contributed by atoms with van der Waals surface area (Å²) in [6.07, 6.45) is 1.58. The Morgan fingerprint density at radius 2 is 2.26 bits per heavy atom. The predicted molar refractivity (Wildman–Crippen MR) is 75.5 cm³/mol. The van der Waals surface area contributed by atoms with Gasteiger partial charge < -0.3 is 15.0 Å². The van der Waals surface area contributed by atoms with Gasteiger partial charge in [-0.2, -0.15) is 0 Å². The number of nitrogens with zero attached hydrogens (tertiary/aromatic N) is 2. The fourth-order valence-electron chi connectivity index (χ4n) is 1.77. The summed E-state index contributed by atoms with van der Waals surface area (Å²) < 4.78 is 6.66. The van der Waals surface area contributed by atoms with Gasteiger partial charge in [0.05, 0.1) is 19.5 Å². The van der Waals surface area contributed by atoms with E-state index in [1.807, 2.05) is 0 Å². The van der Waals surface area contributed by atoms with Crippen LogP contribution in [0.2, 0.25) is 0 Å². The first-order valence-electron chi connectivity index (χ1n) is 6.06. The number of aromatic nitrogens is 2. The van der Waals surface area contributed by atoms with Crippen molar-refractivity contribution < 1.29 is 9.53 Å². The van der Waals surface area contributed by atoms with E-state index in [0.29, 0.717) is 19.0 Å². The molecule has 0 saturated heterocycles. The van der Waals surface area contributed by atoms with E-state index >= 15 is 0 Å². The average molecular weight is 279 g/mol. The normalized spacial score (nSPS) is 10.7. The zero-order valence-corrected chi connectivity index (χ0v) is 12.1. The van der Waals surface area contributed by atoms with Crippen molar-refractivity contribution in [2.45, 2.75) is 27.3 Å². The van der Waals surface area contributed by atoms with E-state index < -0.39 is 5.97 Å². The Morgan fingerprint density at radius 1 is 1.53 bits per heavy atom. The highest BCUT2D eigenvalue weighted by molar-refractivity contribution is 7.12. The van der Waals surface area contributed by atoms with E-state index in [1.54, 1.807) is 29.2 Å². The third-order valence-corrected chi connectivity index (χ3v) is 4.03. The summed E-state index contributed by atoms with van der Waals surface area (Å²) in [5.74, 6) is -0.126. The standard InChI is InChI=1S/C13H17N3O2S/c1-4-18-13(17)11-12(14)16(7-15-11)6-10-5-8(2)9(3)19-10/h5,7H,4,6,14H2,1-3H3. The lowest BCUT2D eigenvalue weighted by Gasteiger charge is -2.03. The van der Waals surface area contributed by atoms with E-state index in [0.717, 1.165) is 0 Å². The number of thiophene rings is 1. The molecule has 6 heteroatoms. The van der Waals surface area contributed by atoms with Crippen molar-refractivity contribution in [2.24, 2.45) is 0 Å². The monoisotopic (exact) mass is 279 g/mol. The molecule has 5 nitrogen and oxygen atoms in total. The second-order valence-electron chi connectivity index (χ2n) is 4.28. The van der Waals surface area contributed by atoms with Crippen LogP contribution in [0.25, 0.3) is 0 Å². The number of nitrogen functional groups attached to an aromatic ring is 1. The third kappa shape index (κ3) is 2.78. The van der Waals surface area contributed by atoms with Gasteiger partial charge in [0.25, 0.3) is 0 Å². The second-order valence-corrected chi connectivity index (χ2v) is 5.62. The highest BCUT2D eigenvalue weighted by atomic mass is 32.1. The number of esters is 1. The summed E-state index contributed by atoms with van der Waals surface area (Å²) in [7, 11) is 0. The fourth-order valence-corrected chi connectivity index (χ4v) is 2.82. The Kier molecular flexibility index (Phi) is 3.90. The second kappa shape index (κ2) is 5.44. The van der Waals surface area contributed by atoms with Gasteiger partial charge in [-0.05, 0) is 32.4 Å². The molecule has 0 amide bonds. The number of rotatable bonds is 4. The largest absolute Gasteiger partial charge is 0.461 e. The molecule has 0 spiro atoms. The molecular formula is C13H17N3O2S. The Labute approximate surface area is 116 Å². The zero-order chi connectivity index (χ0) is 14.0. The summed E-state index contributed by atoms with van der Waals surface area (Å²) in [6, 6.07) is 2.13. The Hall–Kier alpha value is -1.82. The molecule has 0 aromatic carbocycles. The van der Waals surface area contributed by atoms with Crippen molar-refractivity contribution in [3.63, 3.8) is 0 Å². The minimum absolute atomic E-state index is 0.187. The molecule has 0 aliphatic heterocycles. The van der Waals surface area contributed by atoms with Crippen LogP contribution in [-0.2, 0) is 11.3 Å². The van der Waals surface area contributed by atoms with E-state index in [2.05, 4.69) is 24.9 Å². The van der Waals surface area contributed by atoms with Crippen LogP contribution >= 0.6 is 11.3 Å². The minimum atomic E-state index is -0.475. The molecule has 2 rings (SSSR count). The van der Waals surface area contributed by atoms with Crippen LogP contribution in [0.3, 0.4) is 0 Å². The van der Waals surface area contributed by atoms with Crippen LogP contribution in [0.15, 0.2) is 12.4 Å². The van der Waals surface area contributed by atoms with Crippen molar-refractivity contribution in [1.29, 1.82) is 0 Å². The first-order valence-corrected chi connectivity index (χ1v) is 6.88. The van der Waals surface area contributed by atoms with Crippen LogP contribution in [0.4, 0.5) is 5.82 Å². The number of aryl methyl sites for hydroxylation is 2. The van der Waals surface area contributed by atoms with Crippen LogP contribution < -0.4 is 5.73 Å². The van der Waals surface area contributed by atoms with Gasteiger partial charge in [0.2, 0.25) is 0 Å². The molecule has 0 saturated carbocycles. The van der Waals surface area contributed by atoms with Crippen molar-refractivity contribution in [2.75, 3.05) is 12.3 Å². The van der Waals surface area contributed by atoms with Gasteiger partial charge in [0, 0.05) is 9.75 Å². The minimum Gasteiger partial charge on any atom is -0.461 e. The topological polar surface area (TPSA) is 70.1 Å². The summed E-state index contributed by atoms with van der Waals surface area (Å²) in [5, 5.41) is 0. The lowest BCUT2D eigenvalue weighted by Crippen LogP contribution is -2.10. The summed E-state index contributed by atoms with van der Waals surface area (Å²) in [4.78, 5) is 18.1. The van der Waals surface area contributed by atoms with Gasteiger partial charge in [0.15, 0.2) is 5.69 Å².